The molecule has 0 spiro atoms. The number of benzene rings is 2. The Balaban J connectivity index is 1.75. The first-order valence-corrected chi connectivity index (χ1v) is 8.34. The molecule has 25 heavy (non-hydrogen) atoms. The number of Topliss-reactive ketones (excluding diaryl/α,β-unsaturated/α-hetero) is 1. The second-order valence-electron chi connectivity index (χ2n) is 6.28. The molecular weight excluding hydrogens is 316 g/mol. The number of nitro benzene ring substituents is 1. The first-order chi connectivity index (χ1) is 12.0. The predicted octanol–water partition coefficient (Wildman–Crippen LogP) is 4.71. The van der Waals surface area contributed by atoms with Crippen molar-refractivity contribution >= 4 is 17.2 Å². The van der Waals surface area contributed by atoms with Gasteiger partial charge in [0.05, 0.1) is 4.92 Å². The van der Waals surface area contributed by atoms with E-state index in [9.17, 15) is 14.9 Å². The maximum Gasteiger partial charge on any atom is 0.293 e. The van der Waals surface area contributed by atoms with Gasteiger partial charge in [0.2, 0.25) is 0 Å². The van der Waals surface area contributed by atoms with E-state index in [1.54, 1.807) is 12.1 Å². The lowest BCUT2D eigenvalue weighted by Crippen LogP contribution is -2.21. The summed E-state index contributed by atoms with van der Waals surface area (Å²) < 4.78 is 0. The molecule has 1 N–H and O–H groups in total. The molecule has 1 aliphatic carbocycles. The monoisotopic (exact) mass is 336 g/mol. The standard InChI is InChI=1S/C20H20N2O3/c1-14(23)17-9-12-19(20(13-17)22(24)25)21-18-10-7-16(8-11-18)15-5-3-2-4-6-15/h2-7,9-10,12-13,16,18,21H,8,11H2,1H3. The normalized spacial score (nSPS) is 19.4. The smallest absolute Gasteiger partial charge is 0.293 e. The number of carbonyl (C=O) groups is 1. The van der Waals surface area contributed by atoms with Crippen molar-refractivity contribution in [3.8, 4) is 0 Å². The third-order valence-electron chi connectivity index (χ3n) is 4.53. The molecule has 0 amide bonds. The van der Waals surface area contributed by atoms with Gasteiger partial charge in [-0.1, -0.05) is 42.5 Å². The maximum absolute atomic E-state index is 11.4. The third kappa shape index (κ3) is 3.94. The van der Waals surface area contributed by atoms with E-state index in [1.807, 2.05) is 18.2 Å². The van der Waals surface area contributed by atoms with Gasteiger partial charge in [-0.05, 0) is 37.5 Å². The summed E-state index contributed by atoms with van der Waals surface area (Å²) in [6, 6.07) is 14.9. The van der Waals surface area contributed by atoms with Gasteiger partial charge < -0.3 is 5.32 Å². The van der Waals surface area contributed by atoms with E-state index in [2.05, 4.69) is 29.6 Å². The van der Waals surface area contributed by atoms with Crippen LogP contribution in [0.15, 0.2) is 60.7 Å². The van der Waals surface area contributed by atoms with Gasteiger partial charge in [-0.3, -0.25) is 14.9 Å². The molecular formula is C20H20N2O3. The molecule has 0 aliphatic heterocycles. The highest BCUT2D eigenvalue weighted by molar-refractivity contribution is 5.95. The second kappa shape index (κ2) is 7.30. The summed E-state index contributed by atoms with van der Waals surface area (Å²) in [7, 11) is 0. The van der Waals surface area contributed by atoms with Crippen molar-refractivity contribution in [1.82, 2.24) is 0 Å². The van der Waals surface area contributed by atoms with Gasteiger partial charge in [-0.15, -0.1) is 0 Å². The molecule has 0 heterocycles. The lowest BCUT2D eigenvalue weighted by atomic mass is 9.87. The molecule has 0 aromatic heterocycles. The van der Waals surface area contributed by atoms with Crippen molar-refractivity contribution in [2.75, 3.05) is 5.32 Å². The highest BCUT2D eigenvalue weighted by Gasteiger charge is 2.21. The van der Waals surface area contributed by atoms with Crippen LogP contribution >= 0.6 is 0 Å². The Morgan fingerprint density at radius 2 is 1.88 bits per heavy atom. The average molecular weight is 336 g/mol. The van der Waals surface area contributed by atoms with E-state index in [1.165, 1.54) is 18.6 Å². The minimum absolute atomic E-state index is 0.0434. The van der Waals surface area contributed by atoms with Gasteiger partial charge >= 0.3 is 0 Å². The summed E-state index contributed by atoms with van der Waals surface area (Å²) in [5.74, 6) is 0.201. The lowest BCUT2D eigenvalue weighted by molar-refractivity contribution is -0.384. The summed E-state index contributed by atoms with van der Waals surface area (Å²) in [5.41, 5.74) is 2.02. The Morgan fingerprint density at radius 3 is 2.48 bits per heavy atom. The number of ketones is 1. The Hall–Kier alpha value is -2.95. The van der Waals surface area contributed by atoms with Gasteiger partial charge in [0.15, 0.2) is 5.78 Å². The number of allylic oxidation sites excluding steroid dienone is 1. The zero-order chi connectivity index (χ0) is 17.8. The topological polar surface area (TPSA) is 72.2 Å². The Labute approximate surface area is 146 Å². The van der Waals surface area contributed by atoms with Gasteiger partial charge in [-0.25, -0.2) is 0 Å². The van der Waals surface area contributed by atoms with E-state index < -0.39 is 4.92 Å². The minimum atomic E-state index is -0.450. The molecule has 0 saturated carbocycles. The molecule has 5 nitrogen and oxygen atoms in total. The maximum atomic E-state index is 11.4. The summed E-state index contributed by atoms with van der Waals surface area (Å²) in [4.78, 5) is 22.3. The Kier molecular flexibility index (Phi) is 4.93. The molecule has 2 atom stereocenters. The molecule has 3 rings (SSSR count). The van der Waals surface area contributed by atoms with Crippen LogP contribution < -0.4 is 5.32 Å². The van der Waals surface area contributed by atoms with Gasteiger partial charge in [0.1, 0.15) is 5.69 Å². The number of nitrogens with zero attached hydrogens (tertiary/aromatic N) is 1. The van der Waals surface area contributed by atoms with Crippen molar-refractivity contribution in [2.24, 2.45) is 0 Å². The zero-order valence-electron chi connectivity index (χ0n) is 14.0. The molecule has 5 heteroatoms. The number of nitro groups is 1. The second-order valence-corrected chi connectivity index (χ2v) is 6.28. The largest absolute Gasteiger partial charge is 0.373 e. The van der Waals surface area contributed by atoms with Crippen LogP contribution in [0.4, 0.5) is 11.4 Å². The van der Waals surface area contributed by atoms with Crippen LogP contribution in [0.1, 0.15) is 41.6 Å². The first kappa shape index (κ1) is 16.9. The van der Waals surface area contributed by atoms with Crippen LogP contribution in [0.25, 0.3) is 0 Å². The van der Waals surface area contributed by atoms with Crippen LogP contribution in [0, 0.1) is 10.1 Å². The summed E-state index contributed by atoms with van der Waals surface area (Å²) in [6.07, 6.45) is 6.11. The Morgan fingerprint density at radius 1 is 1.12 bits per heavy atom. The molecule has 2 aromatic carbocycles. The van der Waals surface area contributed by atoms with Crippen LogP contribution in [0.2, 0.25) is 0 Å². The number of hydrogen-bond donors (Lipinski definition) is 1. The summed E-state index contributed by atoms with van der Waals surface area (Å²) in [6.45, 7) is 1.40. The highest BCUT2D eigenvalue weighted by atomic mass is 16.6. The van der Waals surface area contributed by atoms with Crippen molar-refractivity contribution < 1.29 is 9.72 Å². The number of anilines is 1. The quantitative estimate of drug-likeness (QED) is 0.371. The minimum Gasteiger partial charge on any atom is -0.373 e. The molecule has 0 fully saturated rings. The molecule has 0 saturated heterocycles. The number of nitrogens with one attached hydrogen (secondary N) is 1. The average Bonchev–Trinajstić information content (AvgIpc) is 2.63. The fourth-order valence-corrected chi connectivity index (χ4v) is 3.14. The van der Waals surface area contributed by atoms with Crippen molar-refractivity contribution in [3.63, 3.8) is 0 Å². The fraction of sp³-hybridized carbons (Fsp3) is 0.250. The van der Waals surface area contributed by atoms with Crippen LogP contribution in [-0.2, 0) is 0 Å². The van der Waals surface area contributed by atoms with E-state index in [4.69, 9.17) is 0 Å². The third-order valence-corrected chi connectivity index (χ3v) is 4.53. The number of hydrogen-bond acceptors (Lipinski definition) is 4. The fourth-order valence-electron chi connectivity index (χ4n) is 3.14. The van der Waals surface area contributed by atoms with Crippen LogP contribution in [0.5, 0.6) is 0 Å². The van der Waals surface area contributed by atoms with Gasteiger partial charge in [0.25, 0.3) is 5.69 Å². The summed E-state index contributed by atoms with van der Waals surface area (Å²) >= 11 is 0. The molecule has 2 unspecified atom stereocenters. The molecule has 1 aliphatic rings. The van der Waals surface area contributed by atoms with Crippen molar-refractivity contribution in [2.45, 2.75) is 31.7 Å². The summed E-state index contributed by atoms with van der Waals surface area (Å²) in [5, 5.41) is 14.5. The van der Waals surface area contributed by atoms with Gasteiger partial charge in [0, 0.05) is 23.6 Å². The molecule has 0 bridgehead atoms. The Bertz CT molecular complexity index is 815. The van der Waals surface area contributed by atoms with Crippen molar-refractivity contribution in [3.05, 3.63) is 81.9 Å². The lowest BCUT2D eigenvalue weighted by Gasteiger charge is -2.24. The van der Waals surface area contributed by atoms with Crippen LogP contribution in [-0.4, -0.2) is 16.7 Å². The number of carbonyl (C=O) groups excluding carboxylic acids is 1. The van der Waals surface area contributed by atoms with E-state index in [0.717, 1.165) is 12.8 Å². The molecule has 128 valence electrons. The van der Waals surface area contributed by atoms with Gasteiger partial charge in [-0.2, -0.15) is 0 Å². The molecule has 0 radical (unpaired) electrons. The molecule has 2 aromatic rings. The van der Waals surface area contributed by atoms with E-state index in [-0.39, 0.29) is 17.5 Å². The predicted molar refractivity (Wildman–Crippen MR) is 98.1 cm³/mol. The van der Waals surface area contributed by atoms with E-state index in [0.29, 0.717) is 17.2 Å². The zero-order valence-corrected chi connectivity index (χ0v) is 14.0. The number of rotatable bonds is 5. The van der Waals surface area contributed by atoms with Crippen LogP contribution in [0.3, 0.4) is 0 Å². The van der Waals surface area contributed by atoms with E-state index >= 15 is 0 Å². The SMILES string of the molecule is CC(=O)c1ccc(NC2C=CC(c3ccccc3)CC2)c([N+](=O)[O-])c1. The first-order valence-electron chi connectivity index (χ1n) is 8.34. The highest BCUT2D eigenvalue weighted by Crippen LogP contribution is 2.31. The van der Waals surface area contributed by atoms with Crippen molar-refractivity contribution in [1.29, 1.82) is 0 Å².